The zero-order valence-corrected chi connectivity index (χ0v) is 11.4. The molecular weight excluding hydrogens is 258 g/mol. The molecule has 2 N–H and O–H groups in total. The van der Waals surface area contributed by atoms with Crippen LogP contribution in [0.2, 0.25) is 0 Å². The topological polar surface area (TPSA) is 60.0 Å². The molecule has 0 spiro atoms. The van der Waals surface area contributed by atoms with Gasteiger partial charge >= 0.3 is 0 Å². The second-order valence-electron chi connectivity index (χ2n) is 5.22. The highest BCUT2D eigenvalue weighted by atomic mass is 16.6. The van der Waals surface area contributed by atoms with Crippen LogP contribution in [-0.2, 0) is 20.8 Å². The lowest BCUT2D eigenvalue weighted by Crippen LogP contribution is -2.42. The maximum Gasteiger partial charge on any atom is 0.114 e. The zero-order chi connectivity index (χ0) is 13.8. The van der Waals surface area contributed by atoms with Crippen LogP contribution in [0.15, 0.2) is 30.3 Å². The van der Waals surface area contributed by atoms with Crippen molar-refractivity contribution >= 4 is 0 Å². The molecule has 1 aromatic rings. The Morgan fingerprint density at radius 1 is 1.15 bits per heavy atom. The van der Waals surface area contributed by atoms with Crippen molar-refractivity contribution in [2.75, 3.05) is 26.4 Å². The first kappa shape index (κ1) is 14.0. The number of hydrogen-bond acceptors (Lipinski definition) is 5. The number of aliphatic hydroxyl groups is 1. The molecule has 2 fully saturated rings. The summed E-state index contributed by atoms with van der Waals surface area (Å²) in [5, 5.41) is 12.1. The molecule has 0 saturated carbocycles. The fraction of sp³-hybridized carbons (Fsp3) is 0.600. The predicted molar refractivity (Wildman–Crippen MR) is 73.4 cm³/mol. The highest BCUT2D eigenvalue weighted by Crippen LogP contribution is 2.29. The molecule has 2 aliphatic rings. The van der Waals surface area contributed by atoms with Gasteiger partial charge in [0.2, 0.25) is 0 Å². The minimum absolute atomic E-state index is 0.00472. The quantitative estimate of drug-likeness (QED) is 0.785. The molecule has 0 aliphatic carbocycles. The molecule has 2 saturated heterocycles. The van der Waals surface area contributed by atoms with Gasteiger partial charge in [0.05, 0.1) is 32.5 Å². The van der Waals surface area contributed by atoms with E-state index in [1.165, 1.54) is 0 Å². The lowest BCUT2D eigenvalue weighted by atomic mass is 10.1. The molecular formula is C15H21NO4. The van der Waals surface area contributed by atoms with Crippen LogP contribution in [0.25, 0.3) is 0 Å². The Balaban J connectivity index is 1.51. The Kier molecular flexibility index (Phi) is 4.65. The summed E-state index contributed by atoms with van der Waals surface area (Å²) in [4.78, 5) is 0. The summed E-state index contributed by atoms with van der Waals surface area (Å²) < 4.78 is 17.5. The average Bonchev–Trinajstić information content (AvgIpc) is 3.06. The van der Waals surface area contributed by atoms with Gasteiger partial charge in [0.25, 0.3) is 0 Å². The second kappa shape index (κ2) is 6.65. The molecule has 0 bridgehead atoms. The van der Waals surface area contributed by atoms with Gasteiger partial charge in [-0.15, -0.1) is 0 Å². The molecule has 2 aliphatic heterocycles. The maximum absolute atomic E-state index is 8.86. The van der Waals surface area contributed by atoms with Gasteiger partial charge in [0, 0.05) is 6.54 Å². The first-order chi connectivity index (χ1) is 9.88. The summed E-state index contributed by atoms with van der Waals surface area (Å²) in [5.74, 6) is 0. The number of aliphatic hydroxyl groups excluding tert-OH is 1. The zero-order valence-electron chi connectivity index (χ0n) is 11.4. The molecule has 5 nitrogen and oxygen atoms in total. The summed E-state index contributed by atoms with van der Waals surface area (Å²) in [7, 11) is 0. The van der Waals surface area contributed by atoms with Crippen molar-refractivity contribution in [1.82, 2.24) is 5.32 Å². The lowest BCUT2D eigenvalue weighted by molar-refractivity contribution is -0.0393. The van der Waals surface area contributed by atoms with E-state index in [1.54, 1.807) is 0 Å². The van der Waals surface area contributed by atoms with Crippen molar-refractivity contribution in [3.8, 4) is 0 Å². The number of benzene rings is 1. The largest absolute Gasteiger partial charge is 0.395 e. The van der Waals surface area contributed by atoms with Crippen molar-refractivity contribution in [2.45, 2.75) is 31.0 Å². The van der Waals surface area contributed by atoms with E-state index in [4.69, 9.17) is 19.3 Å². The van der Waals surface area contributed by atoms with Crippen LogP contribution in [0.3, 0.4) is 0 Å². The Morgan fingerprint density at radius 3 is 2.75 bits per heavy atom. The molecule has 0 aromatic heterocycles. The van der Waals surface area contributed by atoms with E-state index in [9.17, 15) is 0 Å². The van der Waals surface area contributed by atoms with Crippen LogP contribution in [-0.4, -0.2) is 55.8 Å². The van der Waals surface area contributed by atoms with Crippen molar-refractivity contribution in [2.24, 2.45) is 0 Å². The van der Waals surface area contributed by atoms with Crippen LogP contribution in [0.5, 0.6) is 0 Å². The van der Waals surface area contributed by atoms with Gasteiger partial charge in [-0.05, 0) is 5.56 Å². The summed E-state index contributed by atoms with van der Waals surface area (Å²) in [6.45, 7) is 2.45. The Hall–Kier alpha value is -0.980. The van der Waals surface area contributed by atoms with Crippen molar-refractivity contribution < 1.29 is 19.3 Å². The third-order valence-electron chi connectivity index (χ3n) is 3.83. The maximum atomic E-state index is 8.86. The Labute approximate surface area is 118 Å². The molecule has 0 amide bonds. The van der Waals surface area contributed by atoms with Crippen LogP contribution in [0.4, 0.5) is 0 Å². The van der Waals surface area contributed by atoms with Crippen molar-refractivity contribution in [3.05, 3.63) is 35.9 Å². The van der Waals surface area contributed by atoms with E-state index in [2.05, 4.69) is 17.4 Å². The van der Waals surface area contributed by atoms with Crippen molar-refractivity contribution in [1.29, 1.82) is 0 Å². The van der Waals surface area contributed by atoms with E-state index in [1.807, 2.05) is 18.2 Å². The summed E-state index contributed by atoms with van der Waals surface area (Å²) in [5.41, 5.74) is 1.16. The third kappa shape index (κ3) is 3.02. The minimum Gasteiger partial charge on any atom is -0.395 e. The van der Waals surface area contributed by atoms with E-state index in [0.29, 0.717) is 26.4 Å². The Morgan fingerprint density at radius 2 is 1.95 bits per heavy atom. The molecule has 1 aromatic carbocycles. The van der Waals surface area contributed by atoms with Gasteiger partial charge in [0.1, 0.15) is 18.3 Å². The summed E-state index contributed by atoms with van der Waals surface area (Å²) in [6, 6.07) is 10.3. The van der Waals surface area contributed by atoms with Gasteiger partial charge in [-0.1, -0.05) is 30.3 Å². The van der Waals surface area contributed by atoms with Gasteiger partial charge in [0.15, 0.2) is 0 Å². The predicted octanol–water partition coefficient (Wildman–Crippen LogP) is 0.320. The molecule has 3 rings (SSSR count). The van der Waals surface area contributed by atoms with Crippen LogP contribution >= 0.6 is 0 Å². The number of hydrogen-bond donors (Lipinski definition) is 2. The fourth-order valence-corrected chi connectivity index (χ4v) is 2.81. The lowest BCUT2D eigenvalue weighted by Gasteiger charge is -2.17. The third-order valence-corrected chi connectivity index (χ3v) is 3.83. The SMILES string of the molecule is OCCN[C@@H]1CO[C@H]2[C@@H]1OC[C@H]2OCc1ccccc1. The standard InChI is InChI=1S/C15H21NO4/c17-7-6-16-12-9-19-15-13(10-20-14(12)15)18-8-11-4-2-1-3-5-11/h1-5,12-17H,6-10H2/t12-,13-,14-,15-/m1/s1. The molecule has 2 heterocycles. The number of nitrogens with one attached hydrogen (secondary N) is 1. The molecule has 0 radical (unpaired) electrons. The highest BCUT2D eigenvalue weighted by Gasteiger charge is 2.47. The first-order valence-electron chi connectivity index (χ1n) is 7.11. The van der Waals surface area contributed by atoms with Gasteiger partial charge in [-0.2, -0.15) is 0 Å². The van der Waals surface area contributed by atoms with Crippen LogP contribution < -0.4 is 5.32 Å². The molecule has 20 heavy (non-hydrogen) atoms. The molecule has 4 atom stereocenters. The molecule has 5 heteroatoms. The molecule has 110 valence electrons. The molecule has 0 unspecified atom stereocenters. The Bertz CT molecular complexity index is 414. The average molecular weight is 279 g/mol. The van der Waals surface area contributed by atoms with Gasteiger partial charge in [-0.25, -0.2) is 0 Å². The van der Waals surface area contributed by atoms with E-state index in [-0.39, 0.29) is 31.0 Å². The first-order valence-corrected chi connectivity index (χ1v) is 7.11. The number of rotatable bonds is 6. The van der Waals surface area contributed by atoms with Gasteiger partial charge < -0.3 is 24.6 Å². The van der Waals surface area contributed by atoms with E-state index in [0.717, 1.165) is 5.56 Å². The summed E-state index contributed by atoms with van der Waals surface area (Å²) >= 11 is 0. The summed E-state index contributed by atoms with van der Waals surface area (Å²) in [6.07, 6.45) is 0.0124. The highest BCUT2D eigenvalue weighted by molar-refractivity contribution is 5.13. The van der Waals surface area contributed by atoms with Crippen LogP contribution in [0.1, 0.15) is 5.56 Å². The number of fused-ring (bicyclic) bond motifs is 1. The minimum atomic E-state index is -0.0128. The number of ether oxygens (including phenoxy) is 3. The fourth-order valence-electron chi connectivity index (χ4n) is 2.81. The van der Waals surface area contributed by atoms with E-state index >= 15 is 0 Å². The van der Waals surface area contributed by atoms with E-state index < -0.39 is 0 Å². The van der Waals surface area contributed by atoms with Gasteiger partial charge in [-0.3, -0.25) is 0 Å². The van der Waals surface area contributed by atoms with Crippen LogP contribution in [0, 0.1) is 0 Å². The van der Waals surface area contributed by atoms with Crippen molar-refractivity contribution in [3.63, 3.8) is 0 Å². The monoisotopic (exact) mass is 279 g/mol. The smallest absolute Gasteiger partial charge is 0.114 e. The second-order valence-corrected chi connectivity index (χ2v) is 5.22. The normalized spacial score (nSPS) is 32.5.